The van der Waals surface area contributed by atoms with E-state index in [4.69, 9.17) is 17.3 Å². The number of nitrogens with one attached hydrogen (secondary N) is 1. The van der Waals surface area contributed by atoms with Gasteiger partial charge < -0.3 is 10.7 Å². The third-order valence-corrected chi connectivity index (χ3v) is 4.23. The van der Waals surface area contributed by atoms with Crippen molar-refractivity contribution in [2.75, 3.05) is 5.73 Å². The highest BCUT2D eigenvalue weighted by molar-refractivity contribution is 6.36. The van der Waals surface area contributed by atoms with Gasteiger partial charge in [0.1, 0.15) is 0 Å². The predicted octanol–water partition coefficient (Wildman–Crippen LogP) is -0.326. The number of hydrogen-bond acceptors (Lipinski definition) is 5. The lowest BCUT2D eigenvalue weighted by Crippen LogP contribution is -2.19. The zero-order valence-corrected chi connectivity index (χ0v) is 13.2. The summed E-state index contributed by atoms with van der Waals surface area (Å²) in [5.41, 5.74) is 9.54. The molecule has 9 heteroatoms. The number of aromatic nitrogens is 5. The number of H-pyrrole nitrogens is 1. The van der Waals surface area contributed by atoms with Gasteiger partial charge in [0, 0.05) is 16.8 Å². The first-order valence-electron chi connectivity index (χ1n) is 6.71. The third-order valence-electron chi connectivity index (χ3n) is 3.65. The fraction of sp³-hybridized carbons (Fsp3) is 0.231. The standard InChI is InChI=1S/C13H14BClN6O/c1-5-3-17-7(6(2)8(5)15)4-21-11-9(18-13(21)22)10(14)19-12(16)20-11/h3H,4,14H2,1-2H3,(H,18,22)(H2,16,19,20). The highest BCUT2D eigenvalue weighted by atomic mass is 35.5. The molecule has 0 atom stereocenters. The summed E-state index contributed by atoms with van der Waals surface area (Å²) in [6.45, 7) is 4.04. The van der Waals surface area contributed by atoms with E-state index < -0.39 is 0 Å². The maximum absolute atomic E-state index is 12.2. The molecule has 0 amide bonds. The van der Waals surface area contributed by atoms with Gasteiger partial charge in [0.15, 0.2) is 13.5 Å². The van der Waals surface area contributed by atoms with Crippen LogP contribution in [0.1, 0.15) is 16.8 Å². The SMILES string of the molecule is Bc1nc(N)nc2c1[nH]c(=O)n2Cc1ncc(C)c(Cl)c1C. The molecule has 0 fully saturated rings. The van der Waals surface area contributed by atoms with E-state index in [1.54, 1.807) is 14.0 Å². The molecular weight excluding hydrogens is 302 g/mol. The molecule has 0 aromatic carbocycles. The maximum Gasteiger partial charge on any atom is 0.328 e. The average molecular weight is 317 g/mol. The van der Waals surface area contributed by atoms with Crippen molar-refractivity contribution in [3.8, 4) is 0 Å². The molecule has 112 valence electrons. The van der Waals surface area contributed by atoms with Crippen LogP contribution in [0.5, 0.6) is 0 Å². The Hall–Kier alpha value is -2.35. The average Bonchev–Trinajstić information content (AvgIpc) is 2.76. The number of imidazole rings is 1. The number of nitrogens with two attached hydrogens (primary N) is 1. The molecule has 0 unspecified atom stereocenters. The van der Waals surface area contributed by atoms with Crippen LogP contribution in [0.2, 0.25) is 5.02 Å². The molecule has 0 radical (unpaired) electrons. The van der Waals surface area contributed by atoms with Crippen LogP contribution in [-0.2, 0) is 6.54 Å². The molecule has 3 aromatic rings. The summed E-state index contributed by atoms with van der Waals surface area (Å²) in [5.74, 6) is 0.129. The zero-order chi connectivity index (χ0) is 16.0. The van der Waals surface area contributed by atoms with Crippen molar-refractivity contribution in [3.63, 3.8) is 0 Å². The van der Waals surface area contributed by atoms with Crippen molar-refractivity contribution in [1.29, 1.82) is 0 Å². The summed E-state index contributed by atoms with van der Waals surface area (Å²) in [6.07, 6.45) is 1.69. The first-order chi connectivity index (χ1) is 10.4. The van der Waals surface area contributed by atoms with Crippen molar-refractivity contribution >= 4 is 42.2 Å². The van der Waals surface area contributed by atoms with Crippen LogP contribution in [0.4, 0.5) is 5.95 Å². The van der Waals surface area contributed by atoms with Gasteiger partial charge in [-0.15, -0.1) is 0 Å². The highest BCUT2D eigenvalue weighted by Gasteiger charge is 2.15. The Morgan fingerprint density at radius 2 is 2.14 bits per heavy atom. The summed E-state index contributed by atoms with van der Waals surface area (Å²) < 4.78 is 1.49. The molecule has 0 aliphatic carbocycles. The van der Waals surface area contributed by atoms with Crippen LogP contribution < -0.4 is 17.0 Å². The number of fused-ring (bicyclic) bond motifs is 1. The number of rotatable bonds is 2. The van der Waals surface area contributed by atoms with Crippen LogP contribution in [0.3, 0.4) is 0 Å². The van der Waals surface area contributed by atoms with Gasteiger partial charge in [-0.25, -0.2) is 9.78 Å². The normalized spacial score (nSPS) is 11.2. The number of halogens is 1. The van der Waals surface area contributed by atoms with E-state index in [1.165, 1.54) is 4.57 Å². The molecule has 3 heterocycles. The Balaban J connectivity index is 2.18. The van der Waals surface area contributed by atoms with Crippen molar-refractivity contribution in [1.82, 2.24) is 24.5 Å². The Morgan fingerprint density at radius 1 is 1.41 bits per heavy atom. The molecule has 0 saturated heterocycles. The minimum Gasteiger partial charge on any atom is -0.368 e. The molecular formula is C13H14BClN6O. The maximum atomic E-state index is 12.2. The predicted molar refractivity (Wildman–Crippen MR) is 88.6 cm³/mol. The minimum atomic E-state index is -0.282. The second kappa shape index (κ2) is 5.13. The van der Waals surface area contributed by atoms with Crippen molar-refractivity contribution in [2.45, 2.75) is 20.4 Å². The molecule has 7 nitrogen and oxygen atoms in total. The molecule has 22 heavy (non-hydrogen) atoms. The largest absolute Gasteiger partial charge is 0.368 e. The number of nitrogens with zero attached hydrogens (tertiary/aromatic N) is 4. The summed E-state index contributed by atoms with van der Waals surface area (Å²) in [5, 5.41) is 0.656. The van der Waals surface area contributed by atoms with Gasteiger partial charge in [-0.3, -0.25) is 9.55 Å². The van der Waals surface area contributed by atoms with Gasteiger partial charge >= 0.3 is 5.69 Å². The Bertz CT molecular complexity index is 948. The van der Waals surface area contributed by atoms with Crippen molar-refractivity contribution < 1.29 is 0 Å². The number of aryl methyl sites for hydroxylation is 1. The first kappa shape index (κ1) is 14.6. The first-order valence-corrected chi connectivity index (χ1v) is 7.09. The topological polar surface area (TPSA) is 102 Å². The zero-order valence-electron chi connectivity index (χ0n) is 12.4. The lowest BCUT2D eigenvalue weighted by molar-refractivity contribution is 0.750. The van der Waals surface area contributed by atoms with Crippen LogP contribution in [0.15, 0.2) is 11.0 Å². The Morgan fingerprint density at radius 3 is 2.86 bits per heavy atom. The molecule has 3 N–H and O–H groups in total. The van der Waals surface area contributed by atoms with Gasteiger partial charge in [0.05, 0.1) is 17.8 Å². The van der Waals surface area contributed by atoms with Crippen LogP contribution in [-0.4, -0.2) is 32.3 Å². The van der Waals surface area contributed by atoms with Gasteiger partial charge in [0.25, 0.3) is 0 Å². The van der Waals surface area contributed by atoms with Crippen LogP contribution in [0, 0.1) is 13.8 Å². The number of aromatic amines is 1. The lowest BCUT2D eigenvalue weighted by Gasteiger charge is -2.09. The van der Waals surface area contributed by atoms with E-state index in [0.717, 1.165) is 11.1 Å². The van der Waals surface area contributed by atoms with Crippen LogP contribution >= 0.6 is 11.6 Å². The Labute approximate surface area is 132 Å². The van der Waals surface area contributed by atoms with Gasteiger partial charge in [-0.05, 0) is 25.0 Å². The Kier molecular flexibility index (Phi) is 3.40. The molecule has 0 spiro atoms. The number of anilines is 1. The number of hydrogen-bond donors (Lipinski definition) is 2. The molecule has 0 aliphatic heterocycles. The molecule has 3 rings (SSSR count). The minimum absolute atomic E-state index is 0.129. The van der Waals surface area contributed by atoms with E-state index in [1.807, 2.05) is 13.8 Å². The van der Waals surface area contributed by atoms with Crippen molar-refractivity contribution in [3.05, 3.63) is 38.5 Å². The molecule has 3 aromatic heterocycles. The second-order valence-electron chi connectivity index (χ2n) is 5.21. The quantitative estimate of drug-likeness (QED) is 0.630. The van der Waals surface area contributed by atoms with E-state index >= 15 is 0 Å². The fourth-order valence-electron chi connectivity index (χ4n) is 2.40. The van der Waals surface area contributed by atoms with E-state index in [2.05, 4.69) is 19.9 Å². The molecule has 0 aliphatic rings. The van der Waals surface area contributed by atoms with Crippen LogP contribution in [0.25, 0.3) is 11.2 Å². The fourth-order valence-corrected chi connectivity index (χ4v) is 2.56. The molecule has 0 bridgehead atoms. The lowest BCUT2D eigenvalue weighted by atomic mass is 10.0. The summed E-state index contributed by atoms with van der Waals surface area (Å²) in [7, 11) is 1.77. The van der Waals surface area contributed by atoms with Gasteiger partial charge in [-0.2, -0.15) is 4.98 Å². The van der Waals surface area contributed by atoms with E-state index in [0.29, 0.717) is 27.5 Å². The second-order valence-corrected chi connectivity index (χ2v) is 5.59. The summed E-state index contributed by atoms with van der Waals surface area (Å²) >= 11 is 6.25. The van der Waals surface area contributed by atoms with E-state index in [9.17, 15) is 4.79 Å². The summed E-state index contributed by atoms with van der Waals surface area (Å²) in [4.78, 5) is 27.5. The smallest absolute Gasteiger partial charge is 0.328 e. The third kappa shape index (κ3) is 2.25. The van der Waals surface area contributed by atoms with Gasteiger partial charge in [0.2, 0.25) is 5.95 Å². The molecule has 0 saturated carbocycles. The monoisotopic (exact) mass is 316 g/mol. The number of pyridine rings is 1. The van der Waals surface area contributed by atoms with E-state index in [-0.39, 0.29) is 18.2 Å². The number of nitrogen functional groups attached to an aromatic ring is 1. The van der Waals surface area contributed by atoms with Crippen molar-refractivity contribution in [2.24, 2.45) is 0 Å². The summed E-state index contributed by atoms with van der Waals surface area (Å²) in [6, 6.07) is 0. The highest BCUT2D eigenvalue weighted by Crippen LogP contribution is 2.22. The van der Waals surface area contributed by atoms with Gasteiger partial charge in [-0.1, -0.05) is 11.6 Å².